The molecule has 0 aromatic heterocycles. The monoisotopic (exact) mass is 306 g/mol. The van der Waals surface area contributed by atoms with Gasteiger partial charge in [0.05, 0.1) is 0 Å². The molecule has 0 amide bonds. The van der Waals surface area contributed by atoms with Crippen LogP contribution in [0.15, 0.2) is 60.7 Å². The zero-order valence-corrected chi connectivity index (χ0v) is 13.2. The van der Waals surface area contributed by atoms with Crippen molar-refractivity contribution in [3.05, 3.63) is 71.8 Å². The van der Waals surface area contributed by atoms with Crippen molar-refractivity contribution in [1.82, 2.24) is 0 Å². The predicted octanol–water partition coefficient (Wildman–Crippen LogP) is 4.34. The minimum Gasteiger partial charge on any atom is -0.303 e. The molecular formula is C21H22O2. The Morgan fingerprint density at radius 2 is 1.61 bits per heavy atom. The molecule has 0 heterocycles. The Morgan fingerprint density at radius 3 is 2.26 bits per heavy atom. The molecule has 0 spiro atoms. The van der Waals surface area contributed by atoms with E-state index in [0.717, 1.165) is 31.1 Å². The van der Waals surface area contributed by atoms with E-state index in [1.54, 1.807) is 0 Å². The maximum absolute atomic E-state index is 12.5. The molecule has 1 saturated carbocycles. The van der Waals surface area contributed by atoms with E-state index < -0.39 is 0 Å². The van der Waals surface area contributed by atoms with Crippen LogP contribution in [0.3, 0.4) is 0 Å². The molecule has 0 bridgehead atoms. The Bertz CT molecular complexity index is 648. The molecule has 2 heteroatoms. The van der Waals surface area contributed by atoms with E-state index in [1.807, 2.05) is 48.5 Å². The van der Waals surface area contributed by atoms with Gasteiger partial charge in [0.15, 0.2) is 5.78 Å². The number of rotatable bonds is 6. The van der Waals surface area contributed by atoms with Gasteiger partial charge in [-0.2, -0.15) is 0 Å². The van der Waals surface area contributed by atoms with E-state index in [1.165, 1.54) is 5.56 Å². The van der Waals surface area contributed by atoms with Gasteiger partial charge in [0.2, 0.25) is 0 Å². The first kappa shape index (κ1) is 15.7. The maximum atomic E-state index is 12.5. The van der Waals surface area contributed by atoms with Gasteiger partial charge in [-0.1, -0.05) is 60.7 Å². The second-order valence-electron chi connectivity index (χ2n) is 6.48. The van der Waals surface area contributed by atoms with Crippen molar-refractivity contribution in [2.45, 2.75) is 25.7 Å². The van der Waals surface area contributed by atoms with Gasteiger partial charge in [-0.3, -0.25) is 4.79 Å². The third-order valence-corrected chi connectivity index (χ3v) is 5.06. The van der Waals surface area contributed by atoms with Gasteiger partial charge in [0.1, 0.15) is 6.29 Å². The summed E-state index contributed by atoms with van der Waals surface area (Å²) in [6, 6.07) is 19.8. The Hall–Kier alpha value is -2.22. The topological polar surface area (TPSA) is 34.1 Å². The highest BCUT2D eigenvalue weighted by atomic mass is 16.1. The van der Waals surface area contributed by atoms with E-state index in [-0.39, 0.29) is 17.6 Å². The summed E-state index contributed by atoms with van der Waals surface area (Å²) >= 11 is 0. The number of carbonyl (C=O) groups is 2. The summed E-state index contributed by atoms with van der Waals surface area (Å²) in [6.07, 6.45) is 4.44. The zero-order valence-electron chi connectivity index (χ0n) is 13.2. The van der Waals surface area contributed by atoms with Gasteiger partial charge in [-0.25, -0.2) is 0 Å². The molecule has 0 saturated heterocycles. The van der Waals surface area contributed by atoms with E-state index in [0.29, 0.717) is 12.3 Å². The van der Waals surface area contributed by atoms with Crippen LogP contribution >= 0.6 is 0 Å². The molecule has 0 N–H and O–H groups in total. The number of hydrogen-bond donors (Lipinski definition) is 0. The minimum absolute atomic E-state index is 0.0244. The lowest BCUT2D eigenvalue weighted by Gasteiger charge is -2.22. The van der Waals surface area contributed by atoms with Crippen molar-refractivity contribution in [3.63, 3.8) is 0 Å². The van der Waals surface area contributed by atoms with Crippen molar-refractivity contribution in [2.24, 2.45) is 17.8 Å². The van der Waals surface area contributed by atoms with Crippen molar-refractivity contribution >= 4 is 12.1 Å². The summed E-state index contributed by atoms with van der Waals surface area (Å²) in [5.74, 6) is 0.763. The quantitative estimate of drug-likeness (QED) is 0.587. The average Bonchev–Trinajstić information content (AvgIpc) is 2.98. The van der Waals surface area contributed by atoms with Crippen LogP contribution in [0.25, 0.3) is 0 Å². The summed E-state index contributed by atoms with van der Waals surface area (Å²) in [6.45, 7) is 0. The van der Waals surface area contributed by atoms with Crippen molar-refractivity contribution in [2.75, 3.05) is 0 Å². The van der Waals surface area contributed by atoms with Crippen molar-refractivity contribution < 1.29 is 9.59 Å². The molecule has 1 fully saturated rings. The summed E-state index contributed by atoms with van der Waals surface area (Å²) < 4.78 is 0. The lowest BCUT2D eigenvalue weighted by molar-refractivity contribution is -0.112. The van der Waals surface area contributed by atoms with Gasteiger partial charge in [0, 0.05) is 17.9 Å². The van der Waals surface area contributed by atoms with Crippen LogP contribution in [-0.4, -0.2) is 12.1 Å². The third-order valence-electron chi connectivity index (χ3n) is 5.06. The van der Waals surface area contributed by atoms with Gasteiger partial charge < -0.3 is 4.79 Å². The Balaban J connectivity index is 1.73. The second-order valence-corrected chi connectivity index (χ2v) is 6.48. The van der Waals surface area contributed by atoms with Crippen LogP contribution in [-0.2, 0) is 11.2 Å². The van der Waals surface area contributed by atoms with Gasteiger partial charge in [-0.05, 0) is 36.7 Å². The SMILES string of the molecule is O=C[C@H]1CC[C@@H](Cc2ccccc2)[C@@H]1CC(=O)c1ccccc1. The molecule has 1 aliphatic rings. The molecule has 3 atom stereocenters. The molecule has 0 aliphatic heterocycles. The second kappa shape index (κ2) is 7.36. The molecular weight excluding hydrogens is 284 g/mol. The molecule has 3 rings (SSSR count). The molecule has 2 aromatic rings. The predicted molar refractivity (Wildman–Crippen MR) is 91.3 cm³/mol. The standard InChI is InChI=1S/C21H22O2/c22-15-19-12-11-18(13-16-7-3-1-4-8-16)20(19)14-21(23)17-9-5-2-6-10-17/h1-10,15,18-20H,11-14H2/t18-,19+,20-/m0/s1. The fourth-order valence-electron chi connectivity index (χ4n) is 3.80. The average molecular weight is 306 g/mol. The fourth-order valence-corrected chi connectivity index (χ4v) is 3.80. The molecule has 118 valence electrons. The molecule has 0 radical (unpaired) electrons. The zero-order chi connectivity index (χ0) is 16.1. The van der Waals surface area contributed by atoms with E-state index in [4.69, 9.17) is 0 Å². The lowest BCUT2D eigenvalue weighted by Crippen LogP contribution is -2.21. The smallest absolute Gasteiger partial charge is 0.163 e. The number of Topliss-reactive ketones (excluding diaryl/α,β-unsaturated/α-hetero) is 1. The summed E-state index contributed by atoms with van der Waals surface area (Å²) in [7, 11) is 0. The van der Waals surface area contributed by atoms with E-state index in [9.17, 15) is 9.59 Å². The van der Waals surface area contributed by atoms with Crippen LogP contribution in [0.4, 0.5) is 0 Å². The highest BCUT2D eigenvalue weighted by Crippen LogP contribution is 2.40. The highest BCUT2D eigenvalue weighted by molar-refractivity contribution is 5.96. The Morgan fingerprint density at radius 1 is 0.957 bits per heavy atom. The van der Waals surface area contributed by atoms with Crippen molar-refractivity contribution in [1.29, 1.82) is 0 Å². The van der Waals surface area contributed by atoms with Crippen LogP contribution in [0.2, 0.25) is 0 Å². The fraction of sp³-hybridized carbons (Fsp3) is 0.333. The summed E-state index contributed by atoms with van der Waals surface area (Å²) in [5.41, 5.74) is 2.05. The van der Waals surface area contributed by atoms with Crippen LogP contribution < -0.4 is 0 Å². The lowest BCUT2D eigenvalue weighted by atomic mass is 9.81. The highest BCUT2D eigenvalue weighted by Gasteiger charge is 2.37. The van der Waals surface area contributed by atoms with Gasteiger partial charge in [0.25, 0.3) is 0 Å². The summed E-state index contributed by atoms with van der Waals surface area (Å²) in [5, 5.41) is 0. The number of hydrogen-bond acceptors (Lipinski definition) is 2. The Kier molecular flexibility index (Phi) is 5.02. The van der Waals surface area contributed by atoms with E-state index in [2.05, 4.69) is 12.1 Å². The molecule has 2 aromatic carbocycles. The maximum Gasteiger partial charge on any atom is 0.163 e. The minimum atomic E-state index is 0.0244. The molecule has 0 unspecified atom stereocenters. The third kappa shape index (κ3) is 3.76. The normalized spacial score (nSPS) is 23.6. The molecule has 1 aliphatic carbocycles. The van der Waals surface area contributed by atoms with Crippen LogP contribution in [0.5, 0.6) is 0 Å². The first-order valence-corrected chi connectivity index (χ1v) is 8.35. The van der Waals surface area contributed by atoms with E-state index >= 15 is 0 Å². The molecule has 23 heavy (non-hydrogen) atoms. The van der Waals surface area contributed by atoms with Gasteiger partial charge in [-0.15, -0.1) is 0 Å². The van der Waals surface area contributed by atoms with Crippen LogP contribution in [0, 0.1) is 17.8 Å². The number of ketones is 1. The first-order valence-electron chi connectivity index (χ1n) is 8.35. The Labute approximate surface area is 137 Å². The number of carbonyl (C=O) groups excluding carboxylic acids is 2. The number of aldehydes is 1. The molecule has 2 nitrogen and oxygen atoms in total. The largest absolute Gasteiger partial charge is 0.303 e. The van der Waals surface area contributed by atoms with Crippen LogP contribution in [0.1, 0.15) is 35.2 Å². The number of benzene rings is 2. The van der Waals surface area contributed by atoms with Gasteiger partial charge >= 0.3 is 0 Å². The van der Waals surface area contributed by atoms with Crippen molar-refractivity contribution in [3.8, 4) is 0 Å². The summed E-state index contributed by atoms with van der Waals surface area (Å²) in [4.78, 5) is 24.0. The first-order chi connectivity index (χ1) is 11.3.